The van der Waals surface area contributed by atoms with Crippen LogP contribution in [0.5, 0.6) is 0 Å². The molecule has 5 nitrogen and oxygen atoms in total. The minimum Gasteiger partial charge on any atom is -0.478 e. The third-order valence-electron chi connectivity index (χ3n) is 5.39. The van der Waals surface area contributed by atoms with Crippen LogP contribution in [0.4, 0.5) is 0 Å². The number of benzene rings is 1. The molecule has 2 N–H and O–H groups in total. The lowest BCUT2D eigenvalue weighted by molar-refractivity contribution is -0.129. The highest BCUT2D eigenvalue weighted by Gasteiger charge is 2.23. The van der Waals surface area contributed by atoms with E-state index in [0.29, 0.717) is 11.5 Å². The average Bonchev–Trinajstić information content (AvgIpc) is 2.59. The third-order valence-corrected chi connectivity index (χ3v) is 5.39. The van der Waals surface area contributed by atoms with Gasteiger partial charge in [-0.15, -0.1) is 0 Å². The largest absolute Gasteiger partial charge is 0.478 e. The van der Waals surface area contributed by atoms with E-state index >= 15 is 0 Å². The van der Waals surface area contributed by atoms with Crippen molar-refractivity contribution >= 4 is 11.9 Å². The van der Waals surface area contributed by atoms with Gasteiger partial charge in [0.25, 0.3) is 0 Å². The fraction of sp³-hybridized carbons (Fsp3) is 0.600. The number of amides is 1. The molecule has 25 heavy (non-hydrogen) atoms. The van der Waals surface area contributed by atoms with Gasteiger partial charge in [-0.05, 0) is 61.3 Å². The smallest absolute Gasteiger partial charge is 0.335 e. The number of rotatable bonds is 5. The molecule has 5 heteroatoms. The minimum atomic E-state index is -0.896. The van der Waals surface area contributed by atoms with E-state index in [4.69, 9.17) is 9.84 Å². The zero-order chi connectivity index (χ0) is 17.8. The number of hydrogen-bond donors (Lipinski definition) is 2. The number of aromatic carboxylic acids is 1. The predicted molar refractivity (Wildman–Crippen MR) is 94.7 cm³/mol. The molecule has 2 aliphatic carbocycles. The van der Waals surface area contributed by atoms with E-state index in [0.717, 1.165) is 43.2 Å². The number of carbonyl (C=O) groups is 2. The van der Waals surface area contributed by atoms with Crippen LogP contribution < -0.4 is 5.32 Å². The van der Waals surface area contributed by atoms with Gasteiger partial charge in [0.05, 0.1) is 11.7 Å². The van der Waals surface area contributed by atoms with Gasteiger partial charge in [-0.3, -0.25) is 4.79 Å². The van der Waals surface area contributed by atoms with Crippen LogP contribution in [0, 0.1) is 5.92 Å². The second-order valence-corrected chi connectivity index (χ2v) is 7.50. The number of nitrogens with one attached hydrogen (secondary N) is 1. The Balaban J connectivity index is 1.47. The summed E-state index contributed by atoms with van der Waals surface area (Å²) >= 11 is 0. The van der Waals surface area contributed by atoms with E-state index < -0.39 is 5.97 Å². The van der Waals surface area contributed by atoms with Crippen molar-refractivity contribution in [3.8, 4) is 0 Å². The molecule has 1 fully saturated rings. The van der Waals surface area contributed by atoms with Gasteiger partial charge in [-0.25, -0.2) is 4.79 Å². The lowest BCUT2D eigenvalue weighted by Crippen LogP contribution is -2.41. The molecule has 3 unspecified atom stereocenters. The first-order chi connectivity index (χ1) is 12.0. The Morgan fingerprint density at radius 1 is 1.24 bits per heavy atom. The summed E-state index contributed by atoms with van der Waals surface area (Å²) in [5.41, 5.74) is 2.54. The van der Waals surface area contributed by atoms with E-state index in [1.54, 1.807) is 12.1 Å². The Bertz CT molecular complexity index is 643. The van der Waals surface area contributed by atoms with E-state index in [1.807, 2.05) is 6.07 Å². The van der Waals surface area contributed by atoms with Crippen molar-refractivity contribution in [1.29, 1.82) is 0 Å². The minimum absolute atomic E-state index is 0.0474. The maximum Gasteiger partial charge on any atom is 0.335 e. The highest BCUT2D eigenvalue weighted by molar-refractivity contribution is 5.88. The van der Waals surface area contributed by atoms with Crippen LogP contribution in [-0.4, -0.2) is 35.7 Å². The van der Waals surface area contributed by atoms with Crippen molar-refractivity contribution in [2.75, 3.05) is 6.61 Å². The van der Waals surface area contributed by atoms with Gasteiger partial charge < -0.3 is 15.2 Å². The van der Waals surface area contributed by atoms with E-state index in [2.05, 4.69) is 12.2 Å². The van der Waals surface area contributed by atoms with Crippen molar-refractivity contribution in [3.05, 3.63) is 34.9 Å². The van der Waals surface area contributed by atoms with E-state index in [9.17, 15) is 9.59 Å². The summed E-state index contributed by atoms with van der Waals surface area (Å²) in [5, 5.41) is 12.1. The topological polar surface area (TPSA) is 75.6 Å². The molecule has 1 saturated carbocycles. The molecule has 136 valence electrons. The van der Waals surface area contributed by atoms with Crippen LogP contribution >= 0.6 is 0 Å². The van der Waals surface area contributed by atoms with Gasteiger partial charge in [0, 0.05) is 6.04 Å². The molecule has 0 bridgehead atoms. The number of carboxylic acid groups (broad SMARTS) is 1. The summed E-state index contributed by atoms with van der Waals surface area (Å²) in [6.07, 6.45) is 7.15. The zero-order valence-corrected chi connectivity index (χ0v) is 14.8. The lowest BCUT2D eigenvalue weighted by atomic mass is 9.87. The van der Waals surface area contributed by atoms with E-state index in [1.165, 1.54) is 12.8 Å². The van der Waals surface area contributed by atoms with Crippen molar-refractivity contribution in [1.82, 2.24) is 5.32 Å². The average molecular weight is 345 g/mol. The summed E-state index contributed by atoms with van der Waals surface area (Å²) in [7, 11) is 0. The molecular formula is C20H27NO4. The van der Waals surface area contributed by atoms with Crippen molar-refractivity contribution < 1.29 is 19.4 Å². The second kappa shape index (κ2) is 8.00. The molecule has 3 atom stereocenters. The van der Waals surface area contributed by atoms with E-state index in [-0.39, 0.29) is 24.7 Å². The molecule has 0 saturated heterocycles. The van der Waals surface area contributed by atoms with Crippen molar-refractivity contribution in [2.24, 2.45) is 5.92 Å². The number of ether oxygens (including phenoxy) is 1. The first-order valence-electron chi connectivity index (χ1n) is 9.27. The van der Waals surface area contributed by atoms with Crippen LogP contribution in [0.2, 0.25) is 0 Å². The van der Waals surface area contributed by atoms with Gasteiger partial charge in [0.1, 0.15) is 6.61 Å². The molecule has 0 spiro atoms. The highest BCUT2D eigenvalue weighted by Crippen LogP contribution is 2.26. The van der Waals surface area contributed by atoms with Gasteiger partial charge in [-0.1, -0.05) is 25.8 Å². The van der Waals surface area contributed by atoms with Gasteiger partial charge in [0.15, 0.2) is 0 Å². The molecular weight excluding hydrogens is 318 g/mol. The van der Waals surface area contributed by atoms with Crippen molar-refractivity contribution in [3.63, 3.8) is 0 Å². The number of carbonyl (C=O) groups excluding carboxylic acids is 1. The molecule has 3 rings (SSSR count). The first kappa shape index (κ1) is 17.9. The Labute approximate surface area is 148 Å². The zero-order valence-electron chi connectivity index (χ0n) is 14.8. The fourth-order valence-corrected chi connectivity index (χ4v) is 4.00. The van der Waals surface area contributed by atoms with Crippen LogP contribution in [0.25, 0.3) is 0 Å². The summed E-state index contributed by atoms with van der Waals surface area (Å²) in [6, 6.07) is 5.36. The Morgan fingerprint density at radius 3 is 2.84 bits per heavy atom. The van der Waals surface area contributed by atoms with Crippen LogP contribution in [-0.2, 0) is 22.4 Å². The standard InChI is InChI=1S/C20H27NO4/c1-13-3-2-4-18(9-13)25-12-19(22)21-17-8-7-14-10-16(20(23)24)6-5-15(14)11-17/h5-6,10,13,17-18H,2-4,7-9,11-12H2,1H3,(H,21,22)(H,23,24). The number of hydrogen-bond acceptors (Lipinski definition) is 3. The summed E-state index contributed by atoms with van der Waals surface area (Å²) in [4.78, 5) is 23.2. The third kappa shape index (κ3) is 4.82. The molecule has 1 amide bonds. The molecule has 0 aromatic heterocycles. The Morgan fingerprint density at radius 2 is 2.08 bits per heavy atom. The van der Waals surface area contributed by atoms with Crippen LogP contribution in [0.1, 0.15) is 60.5 Å². The van der Waals surface area contributed by atoms with Gasteiger partial charge in [-0.2, -0.15) is 0 Å². The predicted octanol–water partition coefficient (Wildman–Crippen LogP) is 2.95. The molecule has 0 aliphatic heterocycles. The van der Waals surface area contributed by atoms with Crippen LogP contribution in [0.15, 0.2) is 18.2 Å². The first-order valence-corrected chi connectivity index (χ1v) is 9.27. The number of aryl methyl sites for hydroxylation is 1. The highest BCUT2D eigenvalue weighted by atomic mass is 16.5. The quantitative estimate of drug-likeness (QED) is 0.860. The maximum absolute atomic E-state index is 12.2. The molecule has 1 aromatic rings. The maximum atomic E-state index is 12.2. The fourth-order valence-electron chi connectivity index (χ4n) is 4.00. The summed E-state index contributed by atoms with van der Waals surface area (Å²) in [5.74, 6) is -0.256. The molecule has 0 radical (unpaired) electrons. The summed E-state index contributed by atoms with van der Waals surface area (Å²) < 4.78 is 5.79. The number of fused-ring (bicyclic) bond motifs is 1. The van der Waals surface area contributed by atoms with Crippen LogP contribution in [0.3, 0.4) is 0 Å². The Kier molecular flexibility index (Phi) is 5.74. The number of carboxylic acids is 1. The molecule has 1 aromatic carbocycles. The monoisotopic (exact) mass is 345 g/mol. The molecule has 2 aliphatic rings. The summed E-state index contributed by atoms with van der Waals surface area (Å²) in [6.45, 7) is 2.38. The Hall–Kier alpha value is -1.88. The normalized spacial score (nSPS) is 25.9. The van der Waals surface area contributed by atoms with Gasteiger partial charge >= 0.3 is 5.97 Å². The second-order valence-electron chi connectivity index (χ2n) is 7.50. The van der Waals surface area contributed by atoms with Gasteiger partial charge in [0.2, 0.25) is 5.91 Å². The van der Waals surface area contributed by atoms with Crippen molar-refractivity contribution in [2.45, 2.75) is 64.0 Å². The lowest BCUT2D eigenvalue weighted by Gasteiger charge is -2.28. The molecule has 0 heterocycles. The SMILES string of the molecule is CC1CCCC(OCC(=O)NC2CCc3cc(C(=O)O)ccc3C2)C1.